The summed E-state index contributed by atoms with van der Waals surface area (Å²) in [6.45, 7) is 1.44. The van der Waals surface area contributed by atoms with E-state index in [-0.39, 0.29) is 45.1 Å². The second kappa shape index (κ2) is 7.75. The molecule has 156 valence electrons. The van der Waals surface area contributed by atoms with Crippen molar-refractivity contribution in [2.75, 3.05) is 0 Å². The van der Waals surface area contributed by atoms with E-state index >= 15 is 0 Å². The predicted octanol–water partition coefficient (Wildman–Crippen LogP) is 4.50. The van der Waals surface area contributed by atoms with Gasteiger partial charge < -0.3 is 29.7 Å². The van der Waals surface area contributed by atoms with Gasteiger partial charge in [0, 0.05) is 23.3 Å². The van der Waals surface area contributed by atoms with Crippen LogP contribution in [0.25, 0.3) is 22.3 Å². The molecule has 0 saturated heterocycles. The van der Waals surface area contributed by atoms with E-state index in [9.17, 15) is 25.3 Å². The largest absolute Gasteiger partial charge is 0.508 e. The van der Waals surface area contributed by atoms with Crippen LogP contribution in [0.3, 0.4) is 0 Å². The van der Waals surface area contributed by atoms with Crippen LogP contribution in [-0.2, 0) is 0 Å². The van der Waals surface area contributed by atoms with Gasteiger partial charge in [0.05, 0.1) is 5.39 Å². The van der Waals surface area contributed by atoms with E-state index in [4.69, 9.17) is 9.15 Å². The van der Waals surface area contributed by atoms with E-state index in [1.165, 1.54) is 25.1 Å². The second-order valence-corrected chi connectivity index (χ2v) is 6.77. The van der Waals surface area contributed by atoms with Gasteiger partial charge in [-0.05, 0) is 55.5 Å². The number of phenolic OH excluding ortho intramolecular Hbond substituents is 3. The quantitative estimate of drug-likeness (QED) is 0.217. The van der Waals surface area contributed by atoms with Gasteiger partial charge in [-0.1, -0.05) is 5.16 Å². The highest BCUT2D eigenvalue weighted by molar-refractivity contribution is 5.94. The van der Waals surface area contributed by atoms with Gasteiger partial charge in [-0.15, -0.1) is 0 Å². The third kappa shape index (κ3) is 3.74. The second-order valence-electron chi connectivity index (χ2n) is 6.77. The number of aromatic hydroxyl groups is 3. The van der Waals surface area contributed by atoms with Crippen molar-refractivity contribution in [2.45, 2.75) is 6.92 Å². The van der Waals surface area contributed by atoms with Gasteiger partial charge in [0.25, 0.3) is 0 Å². The lowest BCUT2D eigenvalue weighted by Gasteiger charge is -2.13. The summed E-state index contributed by atoms with van der Waals surface area (Å²) < 4.78 is 11.7. The Morgan fingerprint density at radius 2 is 1.61 bits per heavy atom. The number of carbonyl (C=O) groups excluding carboxylic acids is 1. The van der Waals surface area contributed by atoms with Crippen molar-refractivity contribution in [1.29, 1.82) is 0 Å². The summed E-state index contributed by atoms with van der Waals surface area (Å²) in [6, 6.07) is 14.8. The summed E-state index contributed by atoms with van der Waals surface area (Å²) in [4.78, 5) is 11.5. The van der Waals surface area contributed by atoms with E-state index in [0.29, 0.717) is 16.9 Å². The molecule has 8 heteroatoms. The fraction of sp³-hybridized carbons (Fsp3) is 0.0435. The summed E-state index contributed by atoms with van der Waals surface area (Å²) in [7, 11) is 0. The third-order valence-electron chi connectivity index (χ3n) is 4.67. The summed E-state index contributed by atoms with van der Waals surface area (Å²) in [5.74, 6) is -0.398. The molecule has 0 aliphatic rings. The Bertz CT molecular complexity index is 1350. The zero-order valence-corrected chi connectivity index (χ0v) is 16.2. The minimum Gasteiger partial charge on any atom is -0.508 e. The number of ether oxygens (including phenoxy) is 1. The number of hydrogen-bond acceptors (Lipinski definition) is 8. The smallest absolute Gasteiger partial charge is 0.212 e. The van der Waals surface area contributed by atoms with Gasteiger partial charge in [0.1, 0.15) is 28.4 Å². The Labute approximate surface area is 175 Å². The standard InChI is InChI=1S/C23H17NO7/c1-12(25)13-4-8-16(9-5-13)30-22-19(28)11-18(27)21-17(24-29)10-20(31-23(21)22)14-2-6-15(26)7-3-14/h2-11,26-29H,1H3/b24-17+. The number of Topliss-reactive ketones (excluding diaryl/α,β-unsaturated/α-hetero) is 1. The molecule has 8 nitrogen and oxygen atoms in total. The number of fused-ring (bicyclic) bond motifs is 1. The predicted molar refractivity (Wildman–Crippen MR) is 111 cm³/mol. The molecule has 0 radical (unpaired) electrons. The summed E-state index contributed by atoms with van der Waals surface area (Å²) in [5, 5.41) is 43.0. The van der Waals surface area contributed by atoms with Crippen LogP contribution >= 0.6 is 0 Å². The minimum atomic E-state index is -0.406. The highest BCUT2D eigenvalue weighted by Crippen LogP contribution is 2.42. The molecule has 0 saturated carbocycles. The Morgan fingerprint density at radius 3 is 2.23 bits per heavy atom. The summed E-state index contributed by atoms with van der Waals surface area (Å²) >= 11 is 0. The molecule has 0 bridgehead atoms. The Hall–Kier alpha value is -4.46. The first-order valence-corrected chi connectivity index (χ1v) is 9.16. The molecule has 1 aromatic heterocycles. The molecule has 4 rings (SSSR count). The molecular formula is C23H17NO7. The van der Waals surface area contributed by atoms with Crippen LogP contribution in [0.2, 0.25) is 0 Å². The van der Waals surface area contributed by atoms with Gasteiger partial charge in [-0.3, -0.25) is 4.79 Å². The van der Waals surface area contributed by atoms with Crippen LogP contribution in [0.15, 0.2) is 70.2 Å². The Kier molecular flexibility index (Phi) is 4.96. The van der Waals surface area contributed by atoms with Crippen molar-refractivity contribution in [2.24, 2.45) is 5.16 Å². The van der Waals surface area contributed by atoms with Crippen molar-refractivity contribution in [1.82, 2.24) is 0 Å². The maximum Gasteiger partial charge on any atom is 0.212 e. The van der Waals surface area contributed by atoms with Gasteiger partial charge in [-0.2, -0.15) is 0 Å². The summed E-state index contributed by atoms with van der Waals surface area (Å²) in [5.41, 5.74) is 0.975. The van der Waals surface area contributed by atoms with Crippen LogP contribution in [0.1, 0.15) is 17.3 Å². The first kappa shape index (κ1) is 19.8. The lowest BCUT2D eigenvalue weighted by Crippen LogP contribution is -2.04. The van der Waals surface area contributed by atoms with Crippen LogP contribution in [-0.4, -0.2) is 26.3 Å². The zero-order valence-electron chi connectivity index (χ0n) is 16.2. The number of rotatable bonds is 4. The van der Waals surface area contributed by atoms with E-state index in [1.54, 1.807) is 36.4 Å². The Balaban J connectivity index is 1.92. The molecule has 31 heavy (non-hydrogen) atoms. The maximum atomic E-state index is 11.5. The van der Waals surface area contributed by atoms with Crippen molar-refractivity contribution in [3.05, 3.63) is 71.6 Å². The molecule has 4 N–H and O–H groups in total. The molecular weight excluding hydrogens is 402 g/mol. The number of phenols is 3. The number of benzene rings is 3. The normalized spacial score (nSPS) is 11.6. The van der Waals surface area contributed by atoms with Crippen LogP contribution < -0.4 is 10.1 Å². The van der Waals surface area contributed by atoms with Gasteiger partial charge in [-0.25, -0.2) is 0 Å². The van der Waals surface area contributed by atoms with Crippen LogP contribution in [0.4, 0.5) is 0 Å². The average Bonchev–Trinajstić information content (AvgIpc) is 2.76. The van der Waals surface area contributed by atoms with Crippen molar-refractivity contribution in [3.8, 4) is 40.1 Å². The van der Waals surface area contributed by atoms with E-state index in [2.05, 4.69) is 5.16 Å². The first-order chi connectivity index (χ1) is 14.9. The summed E-state index contributed by atoms with van der Waals surface area (Å²) in [6.07, 6.45) is 0. The molecule has 1 heterocycles. The fourth-order valence-electron chi connectivity index (χ4n) is 3.12. The maximum absolute atomic E-state index is 11.5. The molecule has 3 aromatic carbocycles. The van der Waals surface area contributed by atoms with Gasteiger partial charge in [0.15, 0.2) is 17.1 Å². The van der Waals surface area contributed by atoms with Crippen molar-refractivity contribution in [3.63, 3.8) is 0 Å². The van der Waals surface area contributed by atoms with E-state index < -0.39 is 5.75 Å². The van der Waals surface area contributed by atoms with Gasteiger partial charge in [0.2, 0.25) is 5.75 Å². The van der Waals surface area contributed by atoms with E-state index in [0.717, 1.165) is 6.07 Å². The molecule has 0 aliphatic heterocycles. The highest BCUT2D eigenvalue weighted by atomic mass is 16.5. The van der Waals surface area contributed by atoms with E-state index in [1.807, 2.05) is 0 Å². The van der Waals surface area contributed by atoms with Crippen LogP contribution in [0.5, 0.6) is 28.7 Å². The SMILES string of the molecule is CC(=O)c1ccc(Oc2c(O)cc(O)c3/c(=N/O)cc(-c4ccc(O)cc4)oc23)cc1. The lowest BCUT2D eigenvalue weighted by molar-refractivity contribution is 0.101. The third-order valence-corrected chi connectivity index (χ3v) is 4.67. The molecule has 0 fully saturated rings. The minimum absolute atomic E-state index is 0.0152. The van der Waals surface area contributed by atoms with Gasteiger partial charge >= 0.3 is 0 Å². The molecule has 4 aromatic rings. The van der Waals surface area contributed by atoms with Crippen molar-refractivity contribution < 1.29 is 34.5 Å². The van der Waals surface area contributed by atoms with Crippen molar-refractivity contribution >= 4 is 16.8 Å². The highest BCUT2D eigenvalue weighted by Gasteiger charge is 2.20. The molecule has 0 unspecified atom stereocenters. The van der Waals surface area contributed by atoms with Crippen LogP contribution in [0, 0.1) is 0 Å². The average molecular weight is 419 g/mol. The number of carbonyl (C=O) groups is 1. The molecule has 0 atom stereocenters. The lowest BCUT2D eigenvalue weighted by atomic mass is 10.1. The topological polar surface area (TPSA) is 133 Å². The number of hydrogen-bond donors (Lipinski definition) is 4. The molecule has 0 spiro atoms. The monoisotopic (exact) mass is 419 g/mol. The molecule has 0 amide bonds. The molecule has 0 aliphatic carbocycles. The Morgan fingerprint density at radius 1 is 0.935 bits per heavy atom. The zero-order chi connectivity index (χ0) is 22.1. The number of nitrogens with zero attached hydrogens (tertiary/aromatic N) is 1. The fourth-order valence-corrected chi connectivity index (χ4v) is 3.12. The number of ketones is 1. The first-order valence-electron chi connectivity index (χ1n) is 9.16.